The number of nitrogens with two attached hydrogens (primary N) is 2. The Morgan fingerprint density at radius 1 is 0.903 bits per heavy atom. The molecule has 1 heterocycles. The van der Waals surface area contributed by atoms with E-state index < -0.39 is 5.97 Å². The molecule has 0 aliphatic carbocycles. The molecule has 156 valence electrons. The molecule has 0 radical (unpaired) electrons. The van der Waals surface area contributed by atoms with Crippen LogP contribution in [0.5, 0.6) is 11.5 Å². The van der Waals surface area contributed by atoms with Crippen molar-refractivity contribution in [3.05, 3.63) is 82.0 Å². The third-order valence-electron chi connectivity index (χ3n) is 4.86. The Morgan fingerprint density at radius 2 is 1.55 bits per heavy atom. The molecule has 0 atom stereocenters. The molecule has 7 nitrogen and oxygen atoms in total. The van der Waals surface area contributed by atoms with Crippen molar-refractivity contribution in [2.24, 2.45) is 0 Å². The Balaban J connectivity index is 1.70. The number of carbonyl (C=O) groups is 1. The maximum absolute atomic E-state index is 13.0. The van der Waals surface area contributed by atoms with E-state index in [2.05, 4.69) is 0 Å². The monoisotopic (exact) mass is 416 g/mol. The summed E-state index contributed by atoms with van der Waals surface area (Å²) < 4.78 is 16.6. The number of esters is 1. The number of ether oxygens (including phenoxy) is 2. The lowest BCUT2D eigenvalue weighted by Crippen LogP contribution is -2.11. The molecule has 0 unspecified atom stereocenters. The Kier molecular flexibility index (Phi) is 5.09. The predicted molar refractivity (Wildman–Crippen MR) is 119 cm³/mol. The molecule has 0 amide bonds. The lowest BCUT2D eigenvalue weighted by atomic mass is 10.1. The molecule has 4 N–H and O–H groups in total. The predicted octanol–water partition coefficient (Wildman–Crippen LogP) is 4.16. The first kappa shape index (κ1) is 20.0. The second-order valence-electron chi connectivity index (χ2n) is 7.05. The Labute approximate surface area is 177 Å². The summed E-state index contributed by atoms with van der Waals surface area (Å²) in [7, 11) is 1.59. The van der Waals surface area contributed by atoms with Gasteiger partial charge in [-0.05, 0) is 67.6 Å². The first-order valence-electron chi connectivity index (χ1n) is 9.46. The molecule has 0 saturated carbocycles. The zero-order chi connectivity index (χ0) is 22.1. The number of rotatable bonds is 4. The topological polar surface area (TPSA) is 118 Å². The summed E-state index contributed by atoms with van der Waals surface area (Å²) in [5, 5.41) is 0.312. The third kappa shape index (κ3) is 3.93. The average molecular weight is 416 g/mol. The second-order valence-corrected chi connectivity index (χ2v) is 7.05. The largest absolute Gasteiger partial charge is 0.497 e. The molecule has 0 spiro atoms. The Bertz CT molecular complexity index is 1340. The summed E-state index contributed by atoms with van der Waals surface area (Å²) in [5.74, 6) is 0.759. The molecule has 31 heavy (non-hydrogen) atoms. The van der Waals surface area contributed by atoms with Crippen LogP contribution in [0, 0.1) is 6.92 Å². The van der Waals surface area contributed by atoms with Crippen LogP contribution in [0.2, 0.25) is 0 Å². The minimum atomic E-state index is -0.630. The summed E-state index contributed by atoms with van der Waals surface area (Å²) in [6.45, 7) is 1.69. The van der Waals surface area contributed by atoms with Gasteiger partial charge in [0.25, 0.3) is 0 Å². The summed E-state index contributed by atoms with van der Waals surface area (Å²) in [6, 6.07) is 16.4. The molecule has 0 fully saturated rings. The van der Waals surface area contributed by atoms with Crippen LogP contribution in [-0.2, 0) is 0 Å². The highest BCUT2D eigenvalue weighted by atomic mass is 16.5. The number of methoxy groups -OCH3 is 1. The van der Waals surface area contributed by atoms with Crippen molar-refractivity contribution < 1.29 is 18.7 Å². The van der Waals surface area contributed by atoms with Crippen molar-refractivity contribution in [2.75, 3.05) is 18.6 Å². The number of nitrogen functional groups attached to an aromatic ring is 2. The molecular weight excluding hydrogens is 396 g/mol. The summed E-state index contributed by atoms with van der Waals surface area (Å²) in [6.07, 6.45) is 0. The van der Waals surface area contributed by atoms with Gasteiger partial charge in [-0.15, -0.1) is 0 Å². The smallest absolute Gasteiger partial charge is 0.343 e. The van der Waals surface area contributed by atoms with E-state index in [1.54, 1.807) is 44.4 Å². The van der Waals surface area contributed by atoms with E-state index in [1.165, 1.54) is 18.2 Å². The summed E-state index contributed by atoms with van der Waals surface area (Å²) in [4.78, 5) is 25.4. The van der Waals surface area contributed by atoms with E-state index in [-0.39, 0.29) is 16.7 Å². The van der Waals surface area contributed by atoms with E-state index in [0.29, 0.717) is 39.4 Å². The normalized spacial score (nSPS) is 10.8. The van der Waals surface area contributed by atoms with Gasteiger partial charge in [-0.25, -0.2) is 4.79 Å². The molecule has 0 bridgehead atoms. The van der Waals surface area contributed by atoms with E-state index in [1.807, 2.05) is 12.1 Å². The van der Waals surface area contributed by atoms with Gasteiger partial charge in [0.05, 0.1) is 18.1 Å². The van der Waals surface area contributed by atoms with Crippen LogP contribution in [0.25, 0.3) is 22.3 Å². The van der Waals surface area contributed by atoms with Crippen molar-refractivity contribution in [1.29, 1.82) is 0 Å². The van der Waals surface area contributed by atoms with Crippen molar-refractivity contribution in [3.63, 3.8) is 0 Å². The zero-order valence-corrected chi connectivity index (χ0v) is 17.0. The SMILES string of the molecule is COc1ccc(-c2oc3ccc(OC(=O)c4cc(N)cc(N)c4)cc3c(=O)c2C)cc1. The first-order valence-corrected chi connectivity index (χ1v) is 9.46. The van der Waals surface area contributed by atoms with Crippen LogP contribution in [0.15, 0.2) is 69.9 Å². The van der Waals surface area contributed by atoms with E-state index in [9.17, 15) is 9.59 Å². The van der Waals surface area contributed by atoms with Crippen molar-refractivity contribution in [2.45, 2.75) is 6.92 Å². The maximum atomic E-state index is 13.0. The highest BCUT2D eigenvalue weighted by molar-refractivity contribution is 5.94. The molecule has 1 aromatic heterocycles. The fraction of sp³-hybridized carbons (Fsp3) is 0.0833. The molecule has 0 saturated heterocycles. The molecule has 4 aromatic rings. The van der Waals surface area contributed by atoms with Crippen molar-refractivity contribution in [3.8, 4) is 22.8 Å². The van der Waals surface area contributed by atoms with Gasteiger partial charge in [0, 0.05) is 22.5 Å². The second kappa shape index (κ2) is 7.87. The quantitative estimate of drug-likeness (QED) is 0.291. The third-order valence-corrected chi connectivity index (χ3v) is 4.86. The van der Waals surface area contributed by atoms with Crippen molar-refractivity contribution in [1.82, 2.24) is 0 Å². The highest BCUT2D eigenvalue weighted by Crippen LogP contribution is 2.29. The van der Waals surface area contributed by atoms with Crippen LogP contribution in [-0.4, -0.2) is 13.1 Å². The lowest BCUT2D eigenvalue weighted by Gasteiger charge is -2.10. The minimum Gasteiger partial charge on any atom is -0.497 e. The van der Waals surface area contributed by atoms with Gasteiger partial charge in [0.15, 0.2) is 5.43 Å². The summed E-state index contributed by atoms with van der Waals surface area (Å²) in [5.41, 5.74) is 13.8. The van der Waals surface area contributed by atoms with Gasteiger partial charge in [-0.1, -0.05) is 0 Å². The summed E-state index contributed by atoms with van der Waals surface area (Å²) >= 11 is 0. The van der Waals surface area contributed by atoms with Crippen LogP contribution >= 0.6 is 0 Å². The Hall–Kier alpha value is -4.26. The molecule has 4 rings (SSSR count). The number of fused-ring (bicyclic) bond motifs is 1. The van der Waals surface area contributed by atoms with Gasteiger partial charge in [0.1, 0.15) is 22.8 Å². The standard InChI is InChI=1S/C24H20N2O5/c1-13-22(27)20-12-19(30-24(28)15-9-16(25)11-17(26)10-15)7-8-21(20)31-23(13)14-3-5-18(29-2)6-4-14/h3-12H,25-26H2,1-2H3. The van der Waals surface area contributed by atoms with Gasteiger partial charge in [-0.3, -0.25) is 4.79 Å². The van der Waals surface area contributed by atoms with E-state index in [0.717, 1.165) is 5.56 Å². The molecule has 0 aliphatic heterocycles. The van der Waals surface area contributed by atoms with Crippen molar-refractivity contribution >= 4 is 28.3 Å². The maximum Gasteiger partial charge on any atom is 0.343 e. The van der Waals surface area contributed by atoms with Crippen LogP contribution in [0.4, 0.5) is 11.4 Å². The number of hydrogen-bond acceptors (Lipinski definition) is 7. The van der Waals surface area contributed by atoms with Gasteiger partial charge < -0.3 is 25.4 Å². The fourth-order valence-corrected chi connectivity index (χ4v) is 3.31. The van der Waals surface area contributed by atoms with E-state index in [4.69, 9.17) is 25.4 Å². The van der Waals surface area contributed by atoms with Crippen LogP contribution in [0.1, 0.15) is 15.9 Å². The fourth-order valence-electron chi connectivity index (χ4n) is 3.31. The lowest BCUT2D eigenvalue weighted by molar-refractivity contribution is 0.0735. The number of carbonyl (C=O) groups excluding carboxylic acids is 1. The minimum absolute atomic E-state index is 0.210. The number of hydrogen-bond donors (Lipinski definition) is 2. The number of benzene rings is 3. The molecule has 7 heteroatoms. The van der Waals surface area contributed by atoms with Gasteiger partial charge in [0.2, 0.25) is 0 Å². The first-order chi connectivity index (χ1) is 14.9. The average Bonchev–Trinajstić information content (AvgIpc) is 2.76. The van der Waals surface area contributed by atoms with Gasteiger partial charge >= 0.3 is 5.97 Å². The van der Waals surface area contributed by atoms with Crippen LogP contribution in [0.3, 0.4) is 0 Å². The van der Waals surface area contributed by atoms with Gasteiger partial charge in [-0.2, -0.15) is 0 Å². The zero-order valence-electron chi connectivity index (χ0n) is 17.0. The molecule has 0 aliphatic rings. The molecular formula is C24H20N2O5. The van der Waals surface area contributed by atoms with E-state index >= 15 is 0 Å². The highest BCUT2D eigenvalue weighted by Gasteiger charge is 2.15. The van der Waals surface area contributed by atoms with Crippen LogP contribution < -0.4 is 26.4 Å². The molecule has 3 aromatic carbocycles. The number of anilines is 2. The Morgan fingerprint density at radius 3 is 2.19 bits per heavy atom.